The van der Waals surface area contributed by atoms with Gasteiger partial charge in [-0.3, -0.25) is 0 Å². The molecule has 0 atom stereocenters. The fraction of sp³-hybridized carbons (Fsp3) is 0.350. The van der Waals surface area contributed by atoms with E-state index in [4.69, 9.17) is 9.72 Å². The van der Waals surface area contributed by atoms with Crippen LogP contribution in [0.5, 0.6) is 0 Å². The molecule has 1 fully saturated rings. The molecule has 29 heavy (non-hydrogen) atoms. The van der Waals surface area contributed by atoms with E-state index in [2.05, 4.69) is 32.7 Å². The molecule has 0 saturated carbocycles. The van der Waals surface area contributed by atoms with Crippen molar-refractivity contribution in [2.75, 3.05) is 31.6 Å². The van der Waals surface area contributed by atoms with Crippen LogP contribution in [-0.2, 0) is 27.8 Å². The number of hydrogen-bond acceptors (Lipinski definition) is 5. The summed E-state index contributed by atoms with van der Waals surface area (Å²) < 4.78 is 35.8. The van der Waals surface area contributed by atoms with Crippen molar-refractivity contribution in [2.24, 2.45) is 0 Å². The number of anilines is 1. The molecule has 1 saturated heterocycles. The van der Waals surface area contributed by atoms with E-state index >= 15 is 0 Å². The number of fused-ring (bicyclic) bond motifs is 1. The first-order chi connectivity index (χ1) is 14.0. The monoisotopic (exact) mass is 478 g/mol. The number of benzene rings is 2. The molecule has 154 valence electrons. The number of sulfonamides is 1. The summed E-state index contributed by atoms with van der Waals surface area (Å²) in [6.07, 6.45) is 0. The van der Waals surface area contributed by atoms with Crippen LogP contribution in [0.15, 0.2) is 51.8 Å². The summed E-state index contributed by atoms with van der Waals surface area (Å²) in [7, 11) is -3.54. The summed E-state index contributed by atoms with van der Waals surface area (Å²) in [5.74, 6) is 0.867. The van der Waals surface area contributed by atoms with Crippen molar-refractivity contribution in [2.45, 2.75) is 24.9 Å². The Bertz CT molecular complexity index is 1110. The minimum atomic E-state index is -3.54. The molecule has 4 rings (SSSR count). The number of rotatable bonds is 6. The Morgan fingerprint density at radius 1 is 1.14 bits per heavy atom. The molecule has 0 amide bonds. The molecule has 0 aliphatic carbocycles. The minimum Gasteiger partial charge on any atom is -0.379 e. The molecule has 1 aliphatic heterocycles. The fourth-order valence-corrected chi connectivity index (χ4v) is 5.19. The molecule has 7 nitrogen and oxygen atoms in total. The lowest BCUT2D eigenvalue weighted by atomic mass is 10.3. The van der Waals surface area contributed by atoms with E-state index in [-0.39, 0.29) is 4.90 Å². The van der Waals surface area contributed by atoms with Crippen molar-refractivity contribution >= 4 is 42.7 Å². The summed E-state index contributed by atoms with van der Waals surface area (Å²) in [5, 5.41) is 3.38. The zero-order chi connectivity index (χ0) is 20.4. The number of morpholine rings is 1. The third kappa shape index (κ3) is 4.18. The van der Waals surface area contributed by atoms with Gasteiger partial charge in [0.15, 0.2) is 0 Å². The van der Waals surface area contributed by atoms with E-state index in [1.54, 1.807) is 12.1 Å². The van der Waals surface area contributed by atoms with Crippen LogP contribution in [-0.4, -0.2) is 48.6 Å². The first-order valence-electron chi connectivity index (χ1n) is 9.55. The van der Waals surface area contributed by atoms with Gasteiger partial charge in [0.2, 0.25) is 10.0 Å². The standard InChI is InChI=1S/C20H23BrN4O3S/c1-2-25-19-8-7-17(29(26,27)24-9-11-28-12-10-24)13-18(19)23-20(25)14-22-16-5-3-15(21)4-6-16/h3-8,13,22H,2,9-12,14H2,1H3. The van der Waals surface area contributed by atoms with Crippen LogP contribution in [0.3, 0.4) is 0 Å². The minimum absolute atomic E-state index is 0.278. The lowest BCUT2D eigenvalue weighted by Gasteiger charge is -2.26. The molecular formula is C20H23BrN4O3S. The maximum absolute atomic E-state index is 13.0. The van der Waals surface area contributed by atoms with Gasteiger partial charge >= 0.3 is 0 Å². The maximum Gasteiger partial charge on any atom is 0.243 e. The Balaban J connectivity index is 1.62. The van der Waals surface area contributed by atoms with Crippen molar-refractivity contribution in [1.29, 1.82) is 0 Å². The Labute approximate surface area is 178 Å². The lowest BCUT2D eigenvalue weighted by Crippen LogP contribution is -2.40. The average molecular weight is 479 g/mol. The van der Waals surface area contributed by atoms with Gasteiger partial charge < -0.3 is 14.6 Å². The summed E-state index contributed by atoms with van der Waals surface area (Å²) >= 11 is 3.44. The summed E-state index contributed by atoms with van der Waals surface area (Å²) in [6.45, 7) is 4.98. The molecule has 0 unspecified atom stereocenters. The molecule has 3 aromatic rings. The first kappa shape index (κ1) is 20.3. The predicted molar refractivity (Wildman–Crippen MR) is 116 cm³/mol. The van der Waals surface area contributed by atoms with Crippen LogP contribution >= 0.6 is 15.9 Å². The number of imidazole rings is 1. The van der Waals surface area contributed by atoms with E-state index in [9.17, 15) is 8.42 Å². The average Bonchev–Trinajstić information content (AvgIpc) is 3.10. The largest absolute Gasteiger partial charge is 0.379 e. The number of aryl methyl sites for hydroxylation is 1. The van der Waals surface area contributed by atoms with Crippen molar-refractivity contribution in [1.82, 2.24) is 13.9 Å². The molecular weight excluding hydrogens is 456 g/mol. The van der Waals surface area contributed by atoms with Crippen molar-refractivity contribution < 1.29 is 13.2 Å². The Morgan fingerprint density at radius 2 is 1.86 bits per heavy atom. The Hall–Kier alpha value is -1.94. The Morgan fingerprint density at radius 3 is 2.55 bits per heavy atom. The number of hydrogen-bond donors (Lipinski definition) is 1. The first-order valence-corrected chi connectivity index (χ1v) is 11.8. The second-order valence-corrected chi connectivity index (χ2v) is 9.65. The van der Waals surface area contributed by atoms with Crippen molar-refractivity contribution in [3.63, 3.8) is 0 Å². The quantitative estimate of drug-likeness (QED) is 0.586. The van der Waals surface area contributed by atoms with Gasteiger partial charge in [-0.05, 0) is 49.4 Å². The molecule has 2 heterocycles. The van der Waals surface area contributed by atoms with Gasteiger partial charge in [-0.15, -0.1) is 0 Å². The normalized spacial score (nSPS) is 15.7. The van der Waals surface area contributed by atoms with Gasteiger partial charge in [0.1, 0.15) is 5.82 Å². The van der Waals surface area contributed by atoms with Crippen LogP contribution in [0.1, 0.15) is 12.7 Å². The summed E-state index contributed by atoms with van der Waals surface area (Å²) in [5.41, 5.74) is 2.62. The van der Waals surface area contributed by atoms with Gasteiger partial charge in [-0.25, -0.2) is 13.4 Å². The summed E-state index contributed by atoms with van der Waals surface area (Å²) in [4.78, 5) is 5.00. The van der Waals surface area contributed by atoms with Crippen LogP contribution in [0.4, 0.5) is 5.69 Å². The molecule has 9 heteroatoms. The van der Waals surface area contributed by atoms with E-state index in [0.717, 1.165) is 28.0 Å². The van der Waals surface area contributed by atoms with Gasteiger partial charge in [0, 0.05) is 29.8 Å². The highest BCUT2D eigenvalue weighted by Crippen LogP contribution is 2.24. The number of halogens is 1. The molecule has 0 radical (unpaired) electrons. The summed E-state index contributed by atoms with van der Waals surface area (Å²) in [6, 6.07) is 13.2. The van der Waals surface area contributed by atoms with Crippen LogP contribution in [0.25, 0.3) is 11.0 Å². The highest BCUT2D eigenvalue weighted by atomic mass is 79.9. The smallest absolute Gasteiger partial charge is 0.243 e. The lowest BCUT2D eigenvalue weighted by molar-refractivity contribution is 0.0730. The number of ether oxygens (including phenoxy) is 1. The highest BCUT2D eigenvalue weighted by molar-refractivity contribution is 9.10. The van der Waals surface area contributed by atoms with Crippen molar-refractivity contribution in [3.8, 4) is 0 Å². The van der Waals surface area contributed by atoms with E-state index in [0.29, 0.717) is 38.4 Å². The van der Waals surface area contributed by atoms with Gasteiger partial charge in [0.25, 0.3) is 0 Å². The Kier molecular flexibility index (Phi) is 5.91. The molecule has 0 spiro atoms. The maximum atomic E-state index is 13.0. The van der Waals surface area contributed by atoms with Gasteiger partial charge in [-0.1, -0.05) is 15.9 Å². The van der Waals surface area contributed by atoms with Gasteiger partial charge in [0.05, 0.1) is 35.7 Å². The van der Waals surface area contributed by atoms with Crippen LogP contribution in [0, 0.1) is 0 Å². The van der Waals surface area contributed by atoms with Crippen LogP contribution in [0.2, 0.25) is 0 Å². The number of nitrogens with zero attached hydrogens (tertiary/aromatic N) is 3. The molecule has 0 bridgehead atoms. The second kappa shape index (κ2) is 8.43. The molecule has 2 aromatic carbocycles. The predicted octanol–water partition coefficient (Wildman–Crippen LogP) is 3.45. The van der Waals surface area contributed by atoms with E-state index < -0.39 is 10.0 Å². The van der Waals surface area contributed by atoms with Crippen LogP contribution < -0.4 is 5.32 Å². The zero-order valence-electron chi connectivity index (χ0n) is 16.1. The molecule has 1 aliphatic rings. The molecule has 1 aromatic heterocycles. The SMILES string of the molecule is CCn1c(CNc2ccc(Br)cc2)nc2cc(S(=O)(=O)N3CCOCC3)ccc21. The zero-order valence-corrected chi connectivity index (χ0v) is 18.5. The fourth-order valence-electron chi connectivity index (χ4n) is 3.49. The third-order valence-corrected chi connectivity index (χ3v) is 7.44. The van der Waals surface area contributed by atoms with E-state index in [1.165, 1.54) is 4.31 Å². The number of nitrogens with one attached hydrogen (secondary N) is 1. The topological polar surface area (TPSA) is 76.5 Å². The molecule has 1 N–H and O–H groups in total. The third-order valence-electron chi connectivity index (χ3n) is 5.02. The highest BCUT2D eigenvalue weighted by Gasteiger charge is 2.27. The van der Waals surface area contributed by atoms with Crippen molar-refractivity contribution in [3.05, 3.63) is 52.8 Å². The number of aromatic nitrogens is 2. The van der Waals surface area contributed by atoms with E-state index in [1.807, 2.05) is 30.3 Å². The second-order valence-electron chi connectivity index (χ2n) is 6.80. The van der Waals surface area contributed by atoms with Gasteiger partial charge in [-0.2, -0.15) is 4.31 Å².